The highest BCUT2D eigenvalue weighted by molar-refractivity contribution is 7.13. The highest BCUT2D eigenvalue weighted by atomic mass is 32.1. The Morgan fingerprint density at radius 1 is 0.643 bits per heavy atom. The zero-order valence-corrected chi connectivity index (χ0v) is 24.6. The number of ketones is 1. The molecule has 2 aromatic carbocycles. The third kappa shape index (κ3) is 5.23. The standard InChI is InChI=1S/C34H27N5OS2/c1-37-20-26(18-24-22-38(28-10-4-2-5-11-28)35-32(24)30-14-8-16-41-30)34(40)27(21-37)19-25-23-39(29-12-6-3-7-13-29)36-33(25)31-15-9-17-42-31/h2-19,22-23H,20-21H2,1H3. The zero-order chi connectivity index (χ0) is 28.5. The number of hydrogen-bond acceptors (Lipinski definition) is 6. The van der Waals surface area contributed by atoms with Crippen molar-refractivity contribution in [3.63, 3.8) is 0 Å². The lowest BCUT2D eigenvalue weighted by Crippen LogP contribution is -2.34. The summed E-state index contributed by atoms with van der Waals surface area (Å²) in [6.45, 7) is 1.13. The number of rotatable bonds is 6. The fourth-order valence-corrected chi connectivity index (χ4v) is 6.67. The van der Waals surface area contributed by atoms with Crippen LogP contribution in [0.15, 0.2) is 119 Å². The maximum Gasteiger partial charge on any atom is 0.187 e. The number of hydrogen-bond donors (Lipinski definition) is 0. The molecule has 6 nitrogen and oxygen atoms in total. The van der Waals surface area contributed by atoms with Crippen LogP contribution in [0.3, 0.4) is 0 Å². The quantitative estimate of drug-likeness (QED) is 0.190. The summed E-state index contributed by atoms with van der Waals surface area (Å²) >= 11 is 3.29. The summed E-state index contributed by atoms with van der Waals surface area (Å²) in [6, 6.07) is 28.3. The number of aromatic nitrogens is 4. The highest BCUT2D eigenvalue weighted by Gasteiger charge is 2.26. The summed E-state index contributed by atoms with van der Waals surface area (Å²) in [5, 5.41) is 13.9. The van der Waals surface area contributed by atoms with Crippen LogP contribution >= 0.6 is 22.7 Å². The number of nitrogens with zero attached hydrogens (tertiary/aromatic N) is 5. The van der Waals surface area contributed by atoms with Gasteiger partial charge in [-0.3, -0.25) is 9.69 Å². The van der Waals surface area contributed by atoms with E-state index in [0.29, 0.717) is 13.1 Å². The third-order valence-corrected chi connectivity index (χ3v) is 8.91. The largest absolute Gasteiger partial charge is 0.298 e. The minimum atomic E-state index is 0.0577. The van der Waals surface area contributed by atoms with Crippen molar-refractivity contribution in [2.45, 2.75) is 0 Å². The van der Waals surface area contributed by atoms with Crippen molar-refractivity contribution in [1.82, 2.24) is 24.5 Å². The zero-order valence-electron chi connectivity index (χ0n) is 22.9. The van der Waals surface area contributed by atoms with Crippen molar-refractivity contribution in [2.24, 2.45) is 0 Å². The lowest BCUT2D eigenvalue weighted by molar-refractivity contribution is -0.113. The Morgan fingerprint density at radius 3 is 1.50 bits per heavy atom. The van der Waals surface area contributed by atoms with E-state index in [-0.39, 0.29) is 5.78 Å². The Hall–Kier alpha value is -4.63. The van der Waals surface area contributed by atoms with Gasteiger partial charge >= 0.3 is 0 Å². The van der Waals surface area contributed by atoms with Gasteiger partial charge in [0.2, 0.25) is 0 Å². The summed E-state index contributed by atoms with van der Waals surface area (Å²) in [5.74, 6) is 0.0577. The Bertz CT molecular complexity index is 1760. The molecule has 4 aromatic heterocycles. The van der Waals surface area contributed by atoms with Crippen LogP contribution in [0.2, 0.25) is 0 Å². The van der Waals surface area contributed by atoms with E-state index < -0.39 is 0 Å². The predicted molar refractivity (Wildman–Crippen MR) is 172 cm³/mol. The van der Waals surface area contributed by atoms with Crippen molar-refractivity contribution in [1.29, 1.82) is 0 Å². The van der Waals surface area contributed by atoms with Crippen molar-refractivity contribution in [3.8, 4) is 32.5 Å². The molecule has 0 unspecified atom stereocenters. The van der Waals surface area contributed by atoms with Gasteiger partial charge in [0, 0.05) is 47.8 Å². The average molecular weight is 586 g/mol. The van der Waals surface area contributed by atoms with Gasteiger partial charge in [-0.2, -0.15) is 10.2 Å². The van der Waals surface area contributed by atoms with Gasteiger partial charge in [-0.15, -0.1) is 22.7 Å². The second-order valence-corrected chi connectivity index (χ2v) is 12.1. The van der Waals surface area contributed by atoms with Crippen LogP contribution in [0, 0.1) is 0 Å². The first-order chi connectivity index (χ1) is 20.6. The summed E-state index contributed by atoms with van der Waals surface area (Å²) in [4.78, 5) is 18.3. The molecule has 0 spiro atoms. The molecule has 1 saturated heterocycles. The van der Waals surface area contributed by atoms with E-state index in [1.807, 2.05) is 107 Å². The molecule has 42 heavy (non-hydrogen) atoms. The fraction of sp³-hybridized carbons (Fsp3) is 0.0882. The van der Waals surface area contributed by atoms with E-state index >= 15 is 0 Å². The minimum Gasteiger partial charge on any atom is -0.298 e. The molecule has 0 radical (unpaired) electrons. The number of likely N-dealkylation sites (tertiary alicyclic amines) is 1. The van der Waals surface area contributed by atoms with E-state index in [1.54, 1.807) is 22.7 Å². The van der Waals surface area contributed by atoms with Crippen LogP contribution in [0.5, 0.6) is 0 Å². The summed E-state index contributed by atoms with van der Waals surface area (Å²) in [5.41, 5.74) is 7.04. The van der Waals surface area contributed by atoms with Gasteiger partial charge in [-0.1, -0.05) is 48.5 Å². The molecule has 0 aliphatic carbocycles. The van der Waals surface area contributed by atoms with Crippen LogP contribution in [-0.2, 0) is 4.79 Å². The van der Waals surface area contributed by atoms with Gasteiger partial charge < -0.3 is 0 Å². The van der Waals surface area contributed by atoms with Crippen molar-refractivity contribution >= 4 is 40.6 Å². The molecule has 0 N–H and O–H groups in total. The van der Waals surface area contributed by atoms with Gasteiger partial charge in [-0.25, -0.2) is 9.36 Å². The number of para-hydroxylation sites is 2. The molecule has 1 aliphatic heterocycles. The van der Waals surface area contributed by atoms with Gasteiger partial charge in [0.05, 0.1) is 21.1 Å². The third-order valence-electron chi connectivity index (χ3n) is 7.16. The first-order valence-corrected chi connectivity index (χ1v) is 15.4. The minimum absolute atomic E-state index is 0.0577. The van der Waals surface area contributed by atoms with Crippen LogP contribution in [0.1, 0.15) is 11.1 Å². The molecule has 1 fully saturated rings. The molecular weight excluding hydrogens is 559 g/mol. The monoisotopic (exact) mass is 585 g/mol. The smallest absolute Gasteiger partial charge is 0.187 e. The molecule has 1 aliphatic rings. The Kier molecular flexibility index (Phi) is 7.09. The first-order valence-electron chi connectivity index (χ1n) is 13.6. The Balaban J connectivity index is 1.29. The number of carbonyl (C=O) groups is 1. The average Bonchev–Trinajstić information content (AvgIpc) is 3.83. The van der Waals surface area contributed by atoms with Gasteiger partial charge in [0.15, 0.2) is 5.78 Å². The number of piperidine rings is 1. The van der Waals surface area contributed by atoms with E-state index in [9.17, 15) is 4.79 Å². The van der Waals surface area contributed by atoms with Crippen molar-refractivity contribution < 1.29 is 4.79 Å². The molecule has 0 amide bonds. The summed E-state index contributed by atoms with van der Waals surface area (Å²) < 4.78 is 3.78. The Morgan fingerprint density at radius 2 is 1.10 bits per heavy atom. The second-order valence-electron chi connectivity index (χ2n) is 10.2. The molecule has 206 valence electrons. The number of carbonyl (C=O) groups excluding carboxylic acids is 1. The lowest BCUT2D eigenvalue weighted by atomic mass is 9.94. The van der Waals surface area contributed by atoms with E-state index in [0.717, 1.165) is 54.8 Å². The molecular formula is C34H27N5OS2. The summed E-state index contributed by atoms with van der Waals surface area (Å²) in [7, 11) is 2.05. The topological polar surface area (TPSA) is 56.0 Å². The second kappa shape index (κ2) is 11.3. The Labute approximate surface area is 252 Å². The van der Waals surface area contributed by atoms with Crippen molar-refractivity contribution in [2.75, 3.05) is 20.1 Å². The molecule has 8 heteroatoms. The summed E-state index contributed by atoms with van der Waals surface area (Å²) in [6.07, 6.45) is 8.06. The fourth-order valence-electron chi connectivity index (χ4n) is 5.21. The molecule has 0 bridgehead atoms. The molecule has 0 atom stereocenters. The molecule has 7 rings (SSSR count). The van der Waals surface area contributed by atoms with E-state index in [2.05, 4.69) is 34.8 Å². The van der Waals surface area contributed by atoms with Crippen LogP contribution < -0.4 is 0 Å². The first kappa shape index (κ1) is 26.3. The number of likely N-dealkylation sites (N-methyl/N-ethyl adjacent to an activating group) is 1. The highest BCUT2D eigenvalue weighted by Crippen LogP contribution is 2.33. The van der Waals surface area contributed by atoms with E-state index in [4.69, 9.17) is 10.2 Å². The predicted octanol–water partition coefficient (Wildman–Crippen LogP) is 7.50. The lowest BCUT2D eigenvalue weighted by Gasteiger charge is -2.26. The normalized spacial score (nSPS) is 16.1. The molecule has 6 aromatic rings. The number of thiophene rings is 2. The molecule has 0 saturated carbocycles. The van der Waals surface area contributed by atoms with Gasteiger partial charge in [0.1, 0.15) is 11.4 Å². The molecule has 5 heterocycles. The number of Topliss-reactive ketones (excluding diaryl/α,β-unsaturated/α-hetero) is 1. The van der Waals surface area contributed by atoms with E-state index in [1.165, 1.54) is 0 Å². The van der Waals surface area contributed by atoms with Gasteiger partial charge in [-0.05, 0) is 66.4 Å². The van der Waals surface area contributed by atoms with Crippen LogP contribution in [0.4, 0.5) is 0 Å². The van der Waals surface area contributed by atoms with Gasteiger partial charge in [0.25, 0.3) is 0 Å². The maximum absolute atomic E-state index is 14.0. The van der Waals surface area contributed by atoms with Crippen LogP contribution in [0.25, 0.3) is 44.7 Å². The van der Waals surface area contributed by atoms with Crippen molar-refractivity contribution in [3.05, 3.63) is 130 Å². The maximum atomic E-state index is 14.0. The number of benzene rings is 2. The van der Waals surface area contributed by atoms with Crippen LogP contribution in [-0.4, -0.2) is 50.4 Å². The SMILES string of the molecule is CN1CC(=Cc2cn(-c3ccccc3)nc2-c2cccs2)C(=O)C(=Cc2cn(-c3ccccc3)nc2-c2cccs2)C1.